The standard InChI is InChI=1S/C23H25N3O4S/c1-4-5-10-20(27)25-17-12-11-15(13-19(17)29-3)24-23(31)26-22(28)21-14(2)16-8-6-7-9-18(16)30-21/h6-9,11-13H,4-5,10H2,1-3H3,(H,25,27)(H2,24,26,28,31). The molecule has 0 unspecified atom stereocenters. The SMILES string of the molecule is CCCCC(=O)Nc1ccc(NC(=S)NC(=O)c2oc3ccccc3c2C)cc1OC. The van der Waals surface area contributed by atoms with Crippen LogP contribution in [0.5, 0.6) is 5.75 Å². The summed E-state index contributed by atoms with van der Waals surface area (Å²) in [6.07, 6.45) is 2.23. The fraction of sp³-hybridized carbons (Fsp3) is 0.261. The van der Waals surface area contributed by atoms with Gasteiger partial charge in [-0.2, -0.15) is 0 Å². The maximum absolute atomic E-state index is 12.6. The van der Waals surface area contributed by atoms with E-state index in [1.165, 1.54) is 7.11 Å². The highest BCUT2D eigenvalue weighted by atomic mass is 32.1. The molecule has 162 valence electrons. The van der Waals surface area contributed by atoms with Crippen LogP contribution in [0, 0.1) is 6.92 Å². The molecule has 2 aromatic carbocycles. The van der Waals surface area contributed by atoms with Crippen molar-refractivity contribution in [1.82, 2.24) is 5.32 Å². The average molecular weight is 440 g/mol. The lowest BCUT2D eigenvalue weighted by molar-refractivity contribution is -0.116. The lowest BCUT2D eigenvalue weighted by atomic mass is 10.1. The Labute approximate surface area is 186 Å². The number of thiocarbonyl (C=S) groups is 1. The summed E-state index contributed by atoms with van der Waals surface area (Å²) in [4.78, 5) is 24.6. The molecule has 0 aliphatic heterocycles. The first-order valence-corrected chi connectivity index (χ1v) is 10.4. The van der Waals surface area contributed by atoms with E-state index in [0.717, 1.165) is 23.8 Å². The number of nitrogens with one attached hydrogen (secondary N) is 3. The zero-order valence-electron chi connectivity index (χ0n) is 17.7. The predicted molar refractivity (Wildman–Crippen MR) is 126 cm³/mol. The van der Waals surface area contributed by atoms with Gasteiger partial charge in [0.2, 0.25) is 5.91 Å². The van der Waals surface area contributed by atoms with E-state index >= 15 is 0 Å². The number of hydrogen-bond donors (Lipinski definition) is 3. The van der Waals surface area contributed by atoms with Crippen molar-refractivity contribution in [3.8, 4) is 5.75 Å². The number of para-hydroxylation sites is 1. The van der Waals surface area contributed by atoms with Crippen molar-refractivity contribution in [2.24, 2.45) is 0 Å². The van der Waals surface area contributed by atoms with Crippen LogP contribution in [0.2, 0.25) is 0 Å². The minimum absolute atomic E-state index is 0.0650. The summed E-state index contributed by atoms with van der Waals surface area (Å²) in [6.45, 7) is 3.86. The molecule has 0 saturated heterocycles. The third-order valence-corrected chi connectivity index (χ3v) is 4.97. The molecule has 0 aliphatic rings. The van der Waals surface area contributed by atoms with E-state index in [-0.39, 0.29) is 16.8 Å². The Kier molecular flexibility index (Phi) is 7.25. The first kappa shape index (κ1) is 22.3. The van der Waals surface area contributed by atoms with Gasteiger partial charge in [0, 0.05) is 29.1 Å². The maximum Gasteiger partial charge on any atom is 0.293 e. The molecule has 0 aliphatic carbocycles. The molecule has 0 fully saturated rings. The van der Waals surface area contributed by atoms with Crippen LogP contribution in [-0.2, 0) is 4.79 Å². The molecule has 3 N–H and O–H groups in total. The molecule has 3 rings (SSSR count). The van der Waals surface area contributed by atoms with Gasteiger partial charge < -0.3 is 19.8 Å². The number of fused-ring (bicyclic) bond motifs is 1. The number of carbonyl (C=O) groups excluding carboxylic acids is 2. The number of furan rings is 1. The fourth-order valence-electron chi connectivity index (χ4n) is 3.14. The smallest absolute Gasteiger partial charge is 0.293 e. The third-order valence-electron chi connectivity index (χ3n) is 4.77. The van der Waals surface area contributed by atoms with Crippen LogP contribution in [0.4, 0.5) is 11.4 Å². The summed E-state index contributed by atoms with van der Waals surface area (Å²) in [5, 5.41) is 9.42. The summed E-state index contributed by atoms with van der Waals surface area (Å²) >= 11 is 5.27. The largest absolute Gasteiger partial charge is 0.494 e. The average Bonchev–Trinajstić information content (AvgIpc) is 3.10. The highest BCUT2D eigenvalue weighted by molar-refractivity contribution is 7.80. The molecule has 3 aromatic rings. The molecule has 0 spiro atoms. The highest BCUT2D eigenvalue weighted by Crippen LogP contribution is 2.28. The quantitative estimate of drug-likeness (QED) is 0.449. The van der Waals surface area contributed by atoms with Crippen molar-refractivity contribution in [3.05, 3.63) is 53.8 Å². The lowest BCUT2D eigenvalue weighted by Crippen LogP contribution is -2.34. The number of rotatable bonds is 7. The number of aryl methyl sites for hydroxylation is 1. The van der Waals surface area contributed by atoms with Crippen LogP contribution in [0.25, 0.3) is 11.0 Å². The molecule has 1 heterocycles. The Morgan fingerprint density at radius 3 is 2.61 bits per heavy atom. The van der Waals surface area contributed by atoms with Crippen LogP contribution in [0.1, 0.15) is 42.3 Å². The summed E-state index contributed by atoms with van der Waals surface area (Å²) < 4.78 is 11.0. The molecule has 8 heteroatoms. The number of methoxy groups -OCH3 is 1. The first-order chi connectivity index (χ1) is 14.9. The topological polar surface area (TPSA) is 92.6 Å². The zero-order valence-corrected chi connectivity index (χ0v) is 18.5. The normalized spacial score (nSPS) is 10.5. The van der Waals surface area contributed by atoms with Crippen LogP contribution < -0.4 is 20.7 Å². The number of amides is 2. The van der Waals surface area contributed by atoms with Crippen LogP contribution >= 0.6 is 12.2 Å². The minimum Gasteiger partial charge on any atom is -0.494 e. The maximum atomic E-state index is 12.6. The van der Waals surface area contributed by atoms with Crippen LogP contribution in [0.15, 0.2) is 46.9 Å². The van der Waals surface area contributed by atoms with Crippen molar-refractivity contribution in [2.75, 3.05) is 17.7 Å². The van der Waals surface area contributed by atoms with E-state index < -0.39 is 5.91 Å². The Morgan fingerprint density at radius 2 is 1.90 bits per heavy atom. The van der Waals surface area contributed by atoms with Gasteiger partial charge in [0.25, 0.3) is 5.91 Å². The van der Waals surface area contributed by atoms with E-state index in [4.69, 9.17) is 21.4 Å². The second kappa shape index (κ2) is 10.1. The zero-order chi connectivity index (χ0) is 22.4. The minimum atomic E-state index is -0.432. The molecule has 2 amide bonds. The molecular weight excluding hydrogens is 414 g/mol. The summed E-state index contributed by atoms with van der Waals surface area (Å²) in [5.41, 5.74) is 2.57. The summed E-state index contributed by atoms with van der Waals surface area (Å²) in [7, 11) is 1.52. The molecule has 7 nitrogen and oxygen atoms in total. The number of anilines is 2. The van der Waals surface area contributed by atoms with Gasteiger partial charge >= 0.3 is 0 Å². The number of ether oxygens (including phenoxy) is 1. The van der Waals surface area contributed by atoms with Crippen molar-refractivity contribution in [3.63, 3.8) is 0 Å². The van der Waals surface area contributed by atoms with E-state index in [9.17, 15) is 9.59 Å². The second-order valence-electron chi connectivity index (χ2n) is 7.03. The lowest BCUT2D eigenvalue weighted by Gasteiger charge is -2.14. The Balaban J connectivity index is 1.66. The fourth-order valence-corrected chi connectivity index (χ4v) is 3.35. The van der Waals surface area contributed by atoms with E-state index in [1.54, 1.807) is 18.2 Å². The van der Waals surface area contributed by atoms with Crippen molar-refractivity contribution >= 4 is 51.5 Å². The Morgan fingerprint density at radius 1 is 1.13 bits per heavy atom. The third kappa shape index (κ3) is 5.40. The molecule has 0 bridgehead atoms. The van der Waals surface area contributed by atoms with Crippen LogP contribution in [-0.4, -0.2) is 24.0 Å². The number of unbranched alkanes of at least 4 members (excludes halogenated alkanes) is 1. The van der Waals surface area contributed by atoms with Gasteiger partial charge in [0.1, 0.15) is 11.3 Å². The monoisotopic (exact) mass is 439 g/mol. The predicted octanol–water partition coefficient (Wildman–Crippen LogP) is 5.01. The van der Waals surface area contributed by atoms with Crippen molar-refractivity contribution < 1.29 is 18.7 Å². The van der Waals surface area contributed by atoms with Gasteiger partial charge in [-0.1, -0.05) is 31.5 Å². The summed E-state index contributed by atoms with van der Waals surface area (Å²) in [5.74, 6) is 0.202. The van der Waals surface area contributed by atoms with Gasteiger partial charge in [-0.25, -0.2) is 0 Å². The van der Waals surface area contributed by atoms with E-state index in [2.05, 4.69) is 16.0 Å². The van der Waals surface area contributed by atoms with Gasteiger partial charge in [-0.3, -0.25) is 14.9 Å². The number of carbonyl (C=O) groups is 2. The highest BCUT2D eigenvalue weighted by Gasteiger charge is 2.18. The molecule has 0 saturated carbocycles. The Bertz CT molecular complexity index is 1120. The molecular formula is C23H25N3O4S. The van der Waals surface area contributed by atoms with Gasteiger partial charge in [0.05, 0.1) is 12.8 Å². The van der Waals surface area contributed by atoms with E-state index in [1.807, 2.05) is 38.1 Å². The van der Waals surface area contributed by atoms with Gasteiger partial charge in [0.15, 0.2) is 10.9 Å². The first-order valence-electron chi connectivity index (χ1n) is 10.0. The Hall–Kier alpha value is -3.39. The molecule has 0 atom stereocenters. The van der Waals surface area contributed by atoms with Crippen molar-refractivity contribution in [2.45, 2.75) is 33.1 Å². The molecule has 0 radical (unpaired) electrons. The van der Waals surface area contributed by atoms with Gasteiger partial charge in [-0.15, -0.1) is 0 Å². The number of hydrogen-bond acceptors (Lipinski definition) is 5. The van der Waals surface area contributed by atoms with E-state index in [0.29, 0.717) is 29.1 Å². The molecule has 31 heavy (non-hydrogen) atoms. The summed E-state index contributed by atoms with van der Waals surface area (Å²) in [6, 6.07) is 12.6. The molecule has 1 aromatic heterocycles. The van der Waals surface area contributed by atoms with Crippen molar-refractivity contribution in [1.29, 1.82) is 0 Å². The van der Waals surface area contributed by atoms with Gasteiger partial charge in [-0.05, 0) is 43.8 Å². The number of benzene rings is 2. The second-order valence-corrected chi connectivity index (χ2v) is 7.44. The van der Waals surface area contributed by atoms with Crippen LogP contribution in [0.3, 0.4) is 0 Å².